The Balaban J connectivity index is 1.58. The molecule has 2 saturated heterocycles. The minimum absolute atomic E-state index is 0.153. The van der Waals surface area contributed by atoms with Gasteiger partial charge < -0.3 is 14.7 Å². The third-order valence-corrected chi connectivity index (χ3v) is 5.98. The number of benzene rings is 1. The molecule has 1 atom stereocenters. The maximum Gasteiger partial charge on any atom is 0.130 e. The molecule has 2 aliphatic heterocycles. The number of piperidine rings is 1. The van der Waals surface area contributed by atoms with Crippen LogP contribution in [0.3, 0.4) is 0 Å². The summed E-state index contributed by atoms with van der Waals surface area (Å²) in [7, 11) is 1.71. The number of ether oxygens (including phenoxy) is 1. The van der Waals surface area contributed by atoms with Gasteiger partial charge in [0, 0.05) is 57.4 Å². The Morgan fingerprint density at radius 2 is 2.00 bits per heavy atom. The molecule has 2 fully saturated rings. The lowest BCUT2D eigenvalue weighted by Gasteiger charge is -2.42. The fourth-order valence-corrected chi connectivity index (χ4v) is 4.40. The number of nitrogens with zero attached hydrogens (tertiary/aromatic N) is 2. The number of hydrogen-bond donors (Lipinski definition) is 1. The van der Waals surface area contributed by atoms with E-state index < -0.39 is 11.6 Å². The van der Waals surface area contributed by atoms with Crippen molar-refractivity contribution in [2.45, 2.75) is 19.4 Å². The second kappa shape index (κ2) is 8.08. The lowest BCUT2D eigenvalue weighted by atomic mass is 9.71. The standard InChI is InChI=1S/C19H28F2N2O2/c1-25-9-8-23-12-16(13-24)19(14-23)4-6-22(7-5-19)11-15-2-3-17(20)10-18(15)21/h2-3,10,16,24H,4-9,11-14H2,1H3. The van der Waals surface area contributed by atoms with E-state index in [9.17, 15) is 13.9 Å². The van der Waals surface area contributed by atoms with Crippen LogP contribution in [0.5, 0.6) is 0 Å². The first-order valence-electron chi connectivity index (χ1n) is 9.05. The number of halogens is 2. The van der Waals surface area contributed by atoms with Crippen LogP contribution in [0.1, 0.15) is 18.4 Å². The maximum absolute atomic E-state index is 13.9. The summed E-state index contributed by atoms with van der Waals surface area (Å²) in [6.45, 7) is 6.03. The van der Waals surface area contributed by atoms with Gasteiger partial charge in [-0.2, -0.15) is 0 Å². The molecule has 0 amide bonds. The Morgan fingerprint density at radius 1 is 1.24 bits per heavy atom. The maximum atomic E-state index is 13.9. The summed E-state index contributed by atoms with van der Waals surface area (Å²) in [6.07, 6.45) is 2.01. The van der Waals surface area contributed by atoms with Crippen molar-refractivity contribution in [1.82, 2.24) is 9.80 Å². The predicted molar refractivity (Wildman–Crippen MR) is 92.2 cm³/mol. The topological polar surface area (TPSA) is 35.9 Å². The highest BCUT2D eigenvalue weighted by Crippen LogP contribution is 2.44. The Labute approximate surface area is 148 Å². The van der Waals surface area contributed by atoms with Crippen LogP contribution in [0.15, 0.2) is 18.2 Å². The van der Waals surface area contributed by atoms with Crippen molar-refractivity contribution in [3.63, 3.8) is 0 Å². The molecule has 1 unspecified atom stereocenters. The molecule has 0 radical (unpaired) electrons. The summed E-state index contributed by atoms with van der Waals surface area (Å²) >= 11 is 0. The van der Waals surface area contributed by atoms with Gasteiger partial charge in [0.1, 0.15) is 11.6 Å². The minimum Gasteiger partial charge on any atom is -0.396 e. The van der Waals surface area contributed by atoms with Crippen LogP contribution >= 0.6 is 0 Å². The number of rotatable bonds is 6. The van der Waals surface area contributed by atoms with Crippen molar-refractivity contribution in [1.29, 1.82) is 0 Å². The van der Waals surface area contributed by atoms with E-state index in [0.29, 0.717) is 24.6 Å². The monoisotopic (exact) mass is 354 g/mol. The van der Waals surface area contributed by atoms with Gasteiger partial charge in [-0.3, -0.25) is 4.90 Å². The van der Waals surface area contributed by atoms with Crippen LogP contribution in [-0.2, 0) is 11.3 Å². The van der Waals surface area contributed by atoms with Crippen molar-refractivity contribution in [3.05, 3.63) is 35.4 Å². The lowest BCUT2D eigenvalue weighted by molar-refractivity contribution is 0.0473. The molecule has 0 aromatic heterocycles. The molecule has 6 heteroatoms. The lowest BCUT2D eigenvalue weighted by Crippen LogP contribution is -2.44. The number of aliphatic hydroxyl groups excluding tert-OH is 1. The Bertz CT molecular complexity index is 577. The van der Waals surface area contributed by atoms with E-state index in [0.717, 1.165) is 51.6 Å². The van der Waals surface area contributed by atoms with Crippen molar-refractivity contribution in [2.24, 2.45) is 11.3 Å². The van der Waals surface area contributed by atoms with E-state index in [1.165, 1.54) is 12.1 Å². The number of aliphatic hydroxyl groups is 1. The molecule has 0 aliphatic carbocycles. The summed E-state index contributed by atoms with van der Waals surface area (Å²) in [4.78, 5) is 4.62. The largest absolute Gasteiger partial charge is 0.396 e. The molecule has 1 N–H and O–H groups in total. The molecule has 3 rings (SSSR count). The van der Waals surface area contributed by atoms with E-state index in [2.05, 4.69) is 9.80 Å². The normalized spacial score (nSPS) is 24.2. The average molecular weight is 354 g/mol. The van der Waals surface area contributed by atoms with Crippen molar-refractivity contribution >= 4 is 0 Å². The van der Waals surface area contributed by atoms with E-state index in [1.807, 2.05) is 0 Å². The van der Waals surface area contributed by atoms with E-state index in [4.69, 9.17) is 4.74 Å². The van der Waals surface area contributed by atoms with E-state index >= 15 is 0 Å². The molecule has 2 aliphatic rings. The van der Waals surface area contributed by atoms with Gasteiger partial charge in [-0.1, -0.05) is 6.07 Å². The molecule has 1 aromatic rings. The number of methoxy groups -OCH3 is 1. The summed E-state index contributed by atoms with van der Waals surface area (Å²) in [5.74, 6) is -0.707. The molecular formula is C19H28F2N2O2. The molecule has 25 heavy (non-hydrogen) atoms. The van der Waals surface area contributed by atoms with Crippen molar-refractivity contribution < 1.29 is 18.6 Å². The fourth-order valence-electron chi connectivity index (χ4n) is 4.40. The van der Waals surface area contributed by atoms with E-state index in [1.54, 1.807) is 7.11 Å². The number of hydrogen-bond acceptors (Lipinski definition) is 4. The summed E-state index contributed by atoms with van der Waals surface area (Å²) < 4.78 is 32.1. The first-order chi connectivity index (χ1) is 12.1. The highest BCUT2D eigenvalue weighted by atomic mass is 19.1. The summed E-state index contributed by atoms with van der Waals surface area (Å²) in [6, 6.07) is 3.80. The second-order valence-electron chi connectivity index (χ2n) is 7.48. The van der Waals surface area contributed by atoms with Crippen LogP contribution in [0, 0.1) is 23.0 Å². The first kappa shape index (κ1) is 18.7. The molecule has 2 heterocycles. The highest BCUT2D eigenvalue weighted by molar-refractivity contribution is 5.18. The molecule has 1 aromatic carbocycles. The Kier molecular flexibility index (Phi) is 6.04. The van der Waals surface area contributed by atoms with Crippen molar-refractivity contribution in [2.75, 3.05) is 53.0 Å². The molecule has 0 bridgehead atoms. The molecule has 140 valence electrons. The van der Waals surface area contributed by atoms with Crippen molar-refractivity contribution in [3.8, 4) is 0 Å². The van der Waals surface area contributed by atoms with Crippen LogP contribution < -0.4 is 0 Å². The van der Waals surface area contributed by atoms with Gasteiger partial charge in [0.05, 0.1) is 6.61 Å². The Morgan fingerprint density at radius 3 is 2.64 bits per heavy atom. The number of likely N-dealkylation sites (tertiary alicyclic amines) is 2. The van der Waals surface area contributed by atoms with Gasteiger partial charge in [0.25, 0.3) is 0 Å². The van der Waals surface area contributed by atoms with Gasteiger partial charge in [0.15, 0.2) is 0 Å². The zero-order chi connectivity index (χ0) is 17.9. The van der Waals surface area contributed by atoms with Gasteiger partial charge in [-0.15, -0.1) is 0 Å². The fraction of sp³-hybridized carbons (Fsp3) is 0.684. The molecule has 1 spiro atoms. The summed E-state index contributed by atoms with van der Waals surface area (Å²) in [5, 5.41) is 9.83. The first-order valence-corrected chi connectivity index (χ1v) is 9.05. The third kappa shape index (κ3) is 4.19. The SMILES string of the molecule is COCCN1CC(CO)C2(CCN(Cc3ccc(F)cc3F)CC2)C1. The molecule has 4 nitrogen and oxygen atoms in total. The minimum atomic E-state index is -0.535. The third-order valence-electron chi connectivity index (χ3n) is 5.98. The van der Waals surface area contributed by atoms with Crippen LogP contribution in [-0.4, -0.2) is 68.0 Å². The zero-order valence-corrected chi connectivity index (χ0v) is 14.9. The van der Waals surface area contributed by atoms with Gasteiger partial charge in [0.2, 0.25) is 0 Å². The average Bonchev–Trinajstić information content (AvgIpc) is 2.95. The quantitative estimate of drug-likeness (QED) is 0.849. The van der Waals surface area contributed by atoms with Crippen LogP contribution in [0.25, 0.3) is 0 Å². The second-order valence-corrected chi connectivity index (χ2v) is 7.48. The van der Waals surface area contributed by atoms with Crippen LogP contribution in [0.2, 0.25) is 0 Å². The van der Waals surface area contributed by atoms with Gasteiger partial charge in [-0.05, 0) is 37.4 Å². The summed E-state index contributed by atoms with van der Waals surface area (Å²) in [5.41, 5.74) is 0.699. The van der Waals surface area contributed by atoms with Gasteiger partial charge >= 0.3 is 0 Å². The predicted octanol–water partition coefficient (Wildman–Crippen LogP) is 2.12. The molecular weight excluding hydrogens is 326 g/mol. The molecule has 0 saturated carbocycles. The van der Waals surface area contributed by atoms with Gasteiger partial charge in [-0.25, -0.2) is 8.78 Å². The van der Waals surface area contributed by atoms with E-state index in [-0.39, 0.29) is 12.0 Å². The smallest absolute Gasteiger partial charge is 0.130 e. The highest BCUT2D eigenvalue weighted by Gasteiger charge is 2.47. The van der Waals surface area contributed by atoms with Crippen LogP contribution in [0.4, 0.5) is 8.78 Å². The Hall–Kier alpha value is -1.08. The zero-order valence-electron chi connectivity index (χ0n) is 14.9.